The van der Waals surface area contributed by atoms with Gasteiger partial charge in [0.2, 0.25) is 0 Å². The fourth-order valence-electron chi connectivity index (χ4n) is 2.29. The van der Waals surface area contributed by atoms with Crippen molar-refractivity contribution in [3.8, 4) is 0 Å². The van der Waals surface area contributed by atoms with Crippen molar-refractivity contribution >= 4 is 11.5 Å². The van der Waals surface area contributed by atoms with E-state index in [-0.39, 0.29) is 0 Å². The Morgan fingerprint density at radius 1 is 0.714 bits per heavy atom. The third-order valence-electron chi connectivity index (χ3n) is 3.49. The minimum atomic E-state index is 0.519. The zero-order valence-corrected chi connectivity index (χ0v) is 13.1. The van der Waals surface area contributed by atoms with Crippen LogP contribution in [0.1, 0.15) is 36.5 Å². The summed E-state index contributed by atoms with van der Waals surface area (Å²) in [4.78, 5) is 0. The molecule has 0 aromatic heterocycles. The fraction of sp³-hybridized carbons (Fsp3) is 0.263. The maximum Gasteiger partial charge on any atom is 0.168 e. The van der Waals surface area contributed by atoms with Crippen molar-refractivity contribution in [3.05, 3.63) is 71.3 Å². The van der Waals surface area contributed by atoms with E-state index in [4.69, 9.17) is 9.47 Å². The van der Waals surface area contributed by atoms with Crippen molar-refractivity contribution in [2.75, 3.05) is 14.2 Å². The van der Waals surface area contributed by atoms with Gasteiger partial charge in [-0.1, -0.05) is 68.4 Å². The SMILES string of the molecule is COC(=C(OC)c1ccc(C(C)C)cc1)c1ccccc1. The molecular weight excluding hydrogens is 260 g/mol. The maximum absolute atomic E-state index is 5.60. The smallest absolute Gasteiger partial charge is 0.168 e. The van der Waals surface area contributed by atoms with Crippen LogP contribution >= 0.6 is 0 Å². The van der Waals surface area contributed by atoms with Crippen molar-refractivity contribution in [2.45, 2.75) is 19.8 Å². The lowest BCUT2D eigenvalue weighted by Crippen LogP contribution is -1.97. The topological polar surface area (TPSA) is 18.5 Å². The number of rotatable bonds is 5. The second-order valence-corrected chi connectivity index (χ2v) is 5.21. The summed E-state index contributed by atoms with van der Waals surface area (Å²) in [5.41, 5.74) is 3.33. The van der Waals surface area contributed by atoms with E-state index in [9.17, 15) is 0 Å². The van der Waals surface area contributed by atoms with Gasteiger partial charge in [-0.15, -0.1) is 0 Å². The highest BCUT2D eigenvalue weighted by atomic mass is 16.5. The summed E-state index contributed by atoms with van der Waals surface area (Å²) in [6.45, 7) is 4.37. The molecular formula is C19H22O2. The minimum Gasteiger partial charge on any atom is -0.492 e. The third kappa shape index (κ3) is 3.46. The van der Waals surface area contributed by atoms with E-state index in [0.717, 1.165) is 22.6 Å². The van der Waals surface area contributed by atoms with E-state index >= 15 is 0 Å². The first kappa shape index (κ1) is 15.2. The van der Waals surface area contributed by atoms with Gasteiger partial charge in [-0.2, -0.15) is 0 Å². The Morgan fingerprint density at radius 2 is 1.19 bits per heavy atom. The molecule has 21 heavy (non-hydrogen) atoms. The average molecular weight is 282 g/mol. The summed E-state index contributed by atoms with van der Waals surface area (Å²) in [5.74, 6) is 2.01. The molecule has 0 amide bonds. The number of ether oxygens (including phenoxy) is 2. The molecule has 0 bridgehead atoms. The Morgan fingerprint density at radius 3 is 1.62 bits per heavy atom. The number of hydrogen-bond donors (Lipinski definition) is 0. The van der Waals surface area contributed by atoms with Gasteiger partial charge in [0.05, 0.1) is 14.2 Å². The molecule has 0 saturated carbocycles. The van der Waals surface area contributed by atoms with Crippen LogP contribution in [0.15, 0.2) is 54.6 Å². The first-order valence-corrected chi connectivity index (χ1v) is 7.15. The molecule has 110 valence electrons. The molecule has 0 unspecified atom stereocenters. The molecule has 0 spiro atoms. The van der Waals surface area contributed by atoms with E-state index in [1.54, 1.807) is 14.2 Å². The molecule has 2 aromatic rings. The van der Waals surface area contributed by atoms with E-state index in [1.807, 2.05) is 30.3 Å². The van der Waals surface area contributed by atoms with Crippen molar-refractivity contribution in [1.29, 1.82) is 0 Å². The van der Waals surface area contributed by atoms with Crippen LogP contribution in [-0.4, -0.2) is 14.2 Å². The van der Waals surface area contributed by atoms with Crippen LogP contribution < -0.4 is 0 Å². The largest absolute Gasteiger partial charge is 0.492 e. The van der Waals surface area contributed by atoms with Crippen molar-refractivity contribution in [1.82, 2.24) is 0 Å². The first-order chi connectivity index (χ1) is 10.2. The van der Waals surface area contributed by atoms with Gasteiger partial charge in [0, 0.05) is 11.1 Å². The predicted molar refractivity (Wildman–Crippen MR) is 87.8 cm³/mol. The molecule has 0 heterocycles. The third-order valence-corrected chi connectivity index (χ3v) is 3.49. The molecule has 0 aliphatic rings. The Balaban J connectivity index is 2.47. The van der Waals surface area contributed by atoms with Gasteiger partial charge >= 0.3 is 0 Å². The molecule has 0 radical (unpaired) electrons. The van der Waals surface area contributed by atoms with E-state index in [1.165, 1.54) is 5.56 Å². The summed E-state index contributed by atoms with van der Waals surface area (Å²) in [5, 5.41) is 0. The molecule has 0 aliphatic heterocycles. The number of hydrogen-bond acceptors (Lipinski definition) is 2. The molecule has 2 rings (SSSR count). The van der Waals surface area contributed by atoms with Crippen LogP contribution in [0.5, 0.6) is 0 Å². The lowest BCUT2D eigenvalue weighted by atomic mass is 10.0. The van der Waals surface area contributed by atoms with Gasteiger partial charge in [0.1, 0.15) is 0 Å². The lowest BCUT2D eigenvalue weighted by molar-refractivity contribution is 0.328. The lowest BCUT2D eigenvalue weighted by Gasteiger charge is -2.14. The van der Waals surface area contributed by atoms with Gasteiger partial charge in [-0.05, 0) is 11.5 Å². The van der Waals surface area contributed by atoms with Crippen LogP contribution in [0.4, 0.5) is 0 Å². The molecule has 0 saturated heterocycles. The van der Waals surface area contributed by atoms with E-state index in [2.05, 4.69) is 38.1 Å². The standard InChI is InChI=1S/C19H22O2/c1-14(2)15-10-12-17(13-11-15)19(21-4)18(20-3)16-8-6-5-7-9-16/h5-14H,1-4H3. The normalized spacial score (nSPS) is 12.0. The quantitative estimate of drug-likeness (QED) is 0.572. The summed E-state index contributed by atoms with van der Waals surface area (Å²) in [6, 6.07) is 18.4. The summed E-state index contributed by atoms with van der Waals surface area (Å²) in [6.07, 6.45) is 0. The fourth-order valence-corrected chi connectivity index (χ4v) is 2.29. The van der Waals surface area contributed by atoms with Crippen LogP contribution in [0.25, 0.3) is 11.5 Å². The van der Waals surface area contributed by atoms with Gasteiger partial charge in [-0.3, -0.25) is 0 Å². The molecule has 2 heteroatoms. The van der Waals surface area contributed by atoms with Crippen molar-refractivity contribution in [3.63, 3.8) is 0 Å². The highest BCUT2D eigenvalue weighted by molar-refractivity contribution is 5.84. The Kier molecular flexibility index (Phi) is 5.04. The van der Waals surface area contributed by atoms with Crippen LogP contribution in [0.2, 0.25) is 0 Å². The zero-order valence-electron chi connectivity index (χ0n) is 13.1. The molecule has 2 aromatic carbocycles. The van der Waals surface area contributed by atoms with Gasteiger partial charge in [-0.25, -0.2) is 0 Å². The second kappa shape index (κ2) is 6.98. The van der Waals surface area contributed by atoms with Crippen LogP contribution in [0, 0.1) is 0 Å². The van der Waals surface area contributed by atoms with Gasteiger partial charge in [0.15, 0.2) is 11.5 Å². The Hall–Kier alpha value is -2.22. The second-order valence-electron chi connectivity index (χ2n) is 5.21. The molecule has 0 atom stereocenters. The van der Waals surface area contributed by atoms with Crippen molar-refractivity contribution in [2.24, 2.45) is 0 Å². The highest BCUT2D eigenvalue weighted by Gasteiger charge is 2.13. The van der Waals surface area contributed by atoms with Gasteiger partial charge in [0.25, 0.3) is 0 Å². The number of methoxy groups -OCH3 is 2. The minimum absolute atomic E-state index is 0.519. The van der Waals surface area contributed by atoms with E-state index < -0.39 is 0 Å². The molecule has 0 aliphatic carbocycles. The van der Waals surface area contributed by atoms with Crippen molar-refractivity contribution < 1.29 is 9.47 Å². The van der Waals surface area contributed by atoms with Crippen LogP contribution in [0.3, 0.4) is 0 Å². The van der Waals surface area contributed by atoms with Crippen LogP contribution in [-0.2, 0) is 9.47 Å². The van der Waals surface area contributed by atoms with E-state index in [0.29, 0.717) is 5.92 Å². The first-order valence-electron chi connectivity index (χ1n) is 7.15. The monoisotopic (exact) mass is 282 g/mol. The maximum atomic E-state index is 5.60. The average Bonchev–Trinajstić information content (AvgIpc) is 2.53. The molecule has 0 fully saturated rings. The predicted octanol–water partition coefficient (Wildman–Crippen LogP) is 4.93. The number of benzene rings is 2. The Labute approximate surface area is 127 Å². The highest BCUT2D eigenvalue weighted by Crippen LogP contribution is 2.28. The summed E-state index contributed by atoms with van der Waals surface area (Å²) >= 11 is 0. The summed E-state index contributed by atoms with van der Waals surface area (Å²) < 4.78 is 11.2. The van der Waals surface area contributed by atoms with Gasteiger partial charge < -0.3 is 9.47 Å². The zero-order chi connectivity index (χ0) is 15.2. The Bertz CT molecular complexity index is 595. The molecule has 2 nitrogen and oxygen atoms in total. The summed E-state index contributed by atoms with van der Waals surface area (Å²) in [7, 11) is 3.34. The molecule has 0 N–H and O–H groups in total.